The number of nitrogen functional groups attached to an aromatic ring is 1. The number of rotatable bonds is 0. The predicted octanol–water partition coefficient (Wildman–Crippen LogP) is -2.69. The van der Waals surface area contributed by atoms with E-state index in [9.17, 15) is 0 Å². The fourth-order valence-corrected chi connectivity index (χ4v) is 0.941. The van der Waals surface area contributed by atoms with Gasteiger partial charge >= 0.3 is 0 Å². The van der Waals surface area contributed by atoms with E-state index >= 15 is 0 Å². The first kappa shape index (κ1) is 9.68. The van der Waals surface area contributed by atoms with Crippen molar-refractivity contribution in [1.29, 1.82) is 0 Å². The average Bonchev–Trinajstić information content (AvgIpc) is 1.59. The molecule has 1 rings (SSSR count). The molecule has 0 spiro atoms. The Labute approximate surface area is 78.0 Å². The van der Waals surface area contributed by atoms with Gasteiger partial charge in [-0.25, -0.2) is 5.84 Å². The number of nitrogens with two attached hydrogens (primary N) is 1. The fraction of sp³-hybridized carbons (Fsp3) is 0.286. The number of aromatic nitrogens is 1. The molecule has 1 aromatic heterocycles. The molecular formula is C7H11IN2. The lowest BCUT2D eigenvalue weighted by molar-refractivity contribution is -0.639. The Balaban J connectivity index is 0.000000810. The molecule has 0 aromatic carbocycles. The maximum Gasteiger partial charge on any atom is 0.202 e. The lowest BCUT2D eigenvalue weighted by atomic mass is 10.2. The molecule has 2 nitrogen and oxygen atoms in total. The summed E-state index contributed by atoms with van der Waals surface area (Å²) >= 11 is 0. The van der Waals surface area contributed by atoms with Crippen LogP contribution in [0.3, 0.4) is 0 Å². The van der Waals surface area contributed by atoms with E-state index in [4.69, 9.17) is 5.84 Å². The molecule has 0 aliphatic carbocycles. The Morgan fingerprint density at radius 1 is 1.20 bits per heavy atom. The molecule has 10 heavy (non-hydrogen) atoms. The molecule has 0 aliphatic heterocycles. The van der Waals surface area contributed by atoms with Crippen molar-refractivity contribution in [3.05, 3.63) is 29.6 Å². The van der Waals surface area contributed by atoms with E-state index in [1.54, 1.807) is 4.68 Å². The summed E-state index contributed by atoms with van der Waals surface area (Å²) in [6.07, 6.45) is 3.76. The largest absolute Gasteiger partial charge is 1.00 e. The van der Waals surface area contributed by atoms with Gasteiger partial charge in [0, 0.05) is 11.1 Å². The topological polar surface area (TPSA) is 29.9 Å². The summed E-state index contributed by atoms with van der Waals surface area (Å²) in [7, 11) is 0. The van der Waals surface area contributed by atoms with Crippen molar-refractivity contribution in [2.24, 2.45) is 0 Å². The summed E-state index contributed by atoms with van der Waals surface area (Å²) in [4.78, 5) is 0. The minimum Gasteiger partial charge on any atom is -1.00 e. The molecular weight excluding hydrogens is 239 g/mol. The zero-order valence-electron chi connectivity index (χ0n) is 6.13. The van der Waals surface area contributed by atoms with Gasteiger partial charge in [0.15, 0.2) is 0 Å². The smallest absolute Gasteiger partial charge is 0.202 e. The number of nitrogens with zero attached hydrogens (tertiary/aromatic N) is 1. The number of aryl methyl sites for hydroxylation is 2. The molecule has 0 aliphatic rings. The lowest BCUT2D eigenvalue weighted by Gasteiger charge is -1.90. The molecule has 3 heteroatoms. The van der Waals surface area contributed by atoms with Crippen LogP contribution in [0.25, 0.3) is 0 Å². The van der Waals surface area contributed by atoms with Gasteiger partial charge in [-0.05, 0) is 19.9 Å². The molecule has 2 N–H and O–H groups in total. The molecule has 0 amide bonds. The minimum absolute atomic E-state index is 0. The highest BCUT2D eigenvalue weighted by Gasteiger charge is 1.95. The summed E-state index contributed by atoms with van der Waals surface area (Å²) in [6.45, 7) is 4.05. The second-order valence-electron chi connectivity index (χ2n) is 2.34. The maximum atomic E-state index is 5.48. The van der Waals surface area contributed by atoms with Crippen LogP contribution in [0.15, 0.2) is 18.5 Å². The SMILES string of the molecule is Cc1cc(C)c[n+](N)c1.[I-]. The van der Waals surface area contributed by atoms with Crippen LogP contribution in [0, 0.1) is 13.8 Å². The Kier molecular flexibility index (Phi) is 3.63. The van der Waals surface area contributed by atoms with Crippen LogP contribution in [-0.2, 0) is 0 Å². The van der Waals surface area contributed by atoms with Gasteiger partial charge in [-0.15, -0.1) is 0 Å². The summed E-state index contributed by atoms with van der Waals surface area (Å²) in [5.41, 5.74) is 2.38. The van der Waals surface area contributed by atoms with Gasteiger partial charge in [-0.3, -0.25) is 0 Å². The van der Waals surface area contributed by atoms with Gasteiger partial charge in [-0.2, -0.15) is 0 Å². The average molecular weight is 250 g/mol. The van der Waals surface area contributed by atoms with Crippen LogP contribution in [0.2, 0.25) is 0 Å². The van der Waals surface area contributed by atoms with Crippen molar-refractivity contribution in [2.75, 3.05) is 5.84 Å². The van der Waals surface area contributed by atoms with E-state index in [2.05, 4.69) is 6.07 Å². The summed E-state index contributed by atoms with van der Waals surface area (Å²) < 4.78 is 1.57. The molecule has 1 heterocycles. The highest BCUT2D eigenvalue weighted by molar-refractivity contribution is 5.11. The van der Waals surface area contributed by atoms with E-state index in [1.165, 1.54) is 11.1 Å². The maximum absolute atomic E-state index is 5.48. The van der Waals surface area contributed by atoms with E-state index in [-0.39, 0.29) is 24.0 Å². The monoisotopic (exact) mass is 250 g/mol. The van der Waals surface area contributed by atoms with Crippen LogP contribution < -0.4 is 34.5 Å². The highest BCUT2D eigenvalue weighted by Crippen LogP contribution is 1.94. The fourth-order valence-electron chi connectivity index (χ4n) is 0.941. The Morgan fingerprint density at radius 3 is 1.90 bits per heavy atom. The molecule has 0 atom stereocenters. The minimum atomic E-state index is 0. The molecule has 0 radical (unpaired) electrons. The summed E-state index contributed by atoms with van der Waals surface area (Å²) in [6, 6.07) is 2.09. The summed E-state index contributed by atoms with van der Waals surface area (Å²) in [5.74, 6) is 5.48. The second kappa shape index (κ2) is 3.75. The van der Waals surface area contributed by atoms with Gasteiger partial charge in [0.1, 0.15) is 0 Å². The van der Waals surface area contributed by atoms with Gasteiger partial charge in [0.05, 0.1) is 0 Å². The van der Waals surface area contributed by atoms with Crippen LogP contribution in [0.1, 0.15) is 11.1 Å². The third-order valence-electron chi connectivity index (χ3n) is 1.16. The highest BCUT2D eigenvalue weighted by atomic mass is 127. The molecule has 0 saturated carbocycles. The van der Waals surface area contributed by atoms with E-state index in [0.29, 0.717) is 0 Å². The van der Waals surface area contributed by atoms with Gasteiger partial charge in [-0.1, -0.05) is 4.68 Å². The van der Waals surface area contributed by atoms with Crippen molar-refractivity contribution in [1.82, 2.24) is 0 Å². The number of pyridine rings is 1. The van der Waals surface area contributed by atoms with Gasteiger partial charge in [0.25, 0.3) is 0 Å². The second-order valence-corrected chi connectivity index (χ2v) is 2.34. The van der Waals surface area contributed by atoms with Crippen molar-refractivity contribution >= 4 is 0 Å². The van der Waals surface area contributed by atoms with E-state index in [0.717, 1.165) is 0 Å². The van der Waals surface area contributed by atoms with Crippen LogP contribution in [-0.4, -0.2) is 0 Å². The quantitative estimate of drug-likeness (QED) is 0.303. The molecule has 0 saturated heterocycles. The molecule has 0 fully saturated rings. The lowest BCUT2D eigenvalue weighted by Crippen LogP contribution is -3.00. The molecule has 56 valence electrons. The first-order valence-electron chi connectivity index (χ1n) is 2.93. The third-order valence-corrected chi connectivity index (χ3v) is 1.16. The van der Waals surface area contributed by atoms with Crippen molar-refractivity contribution in [3.63, 3.8) is 0 Å². The molecule has 0 bridgehead atoms. The standard InChI is InChI=1S/C7H11N2.HI/c1-6-3-7(2)5-9(8)4-6;/h3-5H,8H2,1-2H3;1H/q+1;/p-1. The number of hydrogen-bond donors (Lipinski definition) is 1. The van der Waals surface area contributed by atoms with Crippen LogP contribution >= 0.6 is 0 Å². The zero-order valence-corrected chi connectivity index (χ0v) is 8.29. The molecule has 1 aromatic rings. The first-order chi connectivity index (χ1) is 4.18. The first-order valence-corrected chi connectivity index (χ1v) is 2.93. The number of halogens is 1. The predicted molar refractivity (Wildman–Crippen MR) is 36.3 cm³/mol. The van der Waals surface area contributed by atoms with Gasteiger partial charge < -0.3 is 24.0 Å². The zero-order chi connectivity index (χ0) is 6.85. The van der Waals surface area contributed by atoms with Gasteiger partial charge in [0.2, 0.25) is 12.4 Å². The van der Waals surface area contributed by atoms with Crippen molar-refractivity contribution in [2.45, 2.75) is 13.8 Å². The number of hydrogen-bond acceptors (Lipinski definition) is 1. The van der Waals surface area contributed by atoms with Crippen LogP contribution in [0.4, 0.5) is 0 Å². The Bertz CT molecular complexity index is 172. The van der Waals surface area contributed by atoms with Crippen LogP contribution in [0.5, 0.6) is 0 Å². The Morgan fingerprint density at radius 2 is 1.60 bits per heavy atom. The van der Waals surface area contributed by atoms with Crippen molar-refractivity contribution in [3.8, 4) is 0 Å². The Hall–Kier alpha value is -0.320. The van der Waals surface area contributed by atoms with E-state index < -0.39 is 0 Å². The van der Waals surface area contributed by atoms with Crippen molar-refractivity contribution < 1.29 is 28.7 Å². The molecule has 0 unspecified atom stereocenters. The normalized spacial score (nSPS) is 8.60. The van der Waals surface area contributed by atoms with E-state index in [1.807, 2.05) is 26.2 Å². The third kappa shape index (κ3) is 2.51. The summed E-state index contributed by atoms with van der Waals surface area (Å²) in [5, 5.41) is 0.